The fourth-order valence-electron chi connectivity index (χ4n) is 2.63. The maximum atomic E-state index is 12.4. The first-order chi connectivity index (χ1) is 10.8. The Morgan fingerprint density at radius 3 is 2.91 bits per heavy atom. The molecule has 1 aliphatic heterocycles. The van der Waals surface area contributed by atoms with Crippen LogP contribution in [0.3, 0.4) is 0 Å². The van der Waals surface area contributed by atoms with E-state index in [1.54, 1.807) is 0 Å². The SMILES string of the molecule is O=C(Nc1nc2ccccc2s1)C1COc2ccccc2C1. The highest BCUT2D eigenvalue weighted by Crippen LogP contribution is 2.29. The summed E-state index contributed by atoms with van der Waals surface area (Å²) in [6, 6.07) is 15.7. The number of rotatable bonds is 2. The van der Waals surface area contributed by atoms with Gasteiger partial charge in [-0.2, -0.15) is 0 Å². The van der Waals surface area contributed by atoms with Crippen LogP contribution in [0.2, 0.25) is 0 Å². The van der Waals surface area contributed by atoms with E-state index in [2.05, 4.69) is 10.3 Å². The number of nitrogens with zero attached hydrogens (tertiary/aromatic N) is 1. The van der Waals surface area contributed by atoms with E-state index in [0.29, 0.717) is 18.2 Å². The molecule has 0 saturated carbocycles. The normalized spacial score (nSPS) is 16.8. The molecule has 0 aliphatic carbocycles. The molecule has 0 radical (unpaired) electrons. The van der Waals surface area contributed by atoms with Gasteiger partial charge in [0.05, 0.1) is 16.1 Å². The number of hydrogen-bond donors (Lipinski definition) is 1. The summed E-state index contributed by atoms with van der Waals surface area (Å²) in [7, 11) is 0. The molecular formula is C17H14N2O2S. The summed E-state index contributed by atoms with van der Waals surface area (Å²) in [6.45, 7) is 0.410. The number of nitrogens with one attached hydrogen (secondary N) is 1. The lowest BCUT2D eigenvalue weighted by molar-refractivity contribution is -0.121. The van der Waals surface area contributed by atoms with Crippen molar-refractivity contribution in [2.24, 2.45) is 5.92 Å². The second-order valence-electron chi connectivity index (χ2n) is 5.30. The second kappa shape index (κ2) is 5.42. The average molecular weight is 310 g/mol. The molecule has 1 N–H and O–H groups in total. The van der Waals surface area contributed by atoms with Gasteiger partial charge < -0.3 is 10.1 Å². The Morgan fingerprint density at radius 2 is 2.00 bits per heavy atom. The lowest BCUT2D eigenvalue weighted by Gasteiger charge is -2.24. The van der Waals surface area contributed by atoms with Gasteiger partial charge in [-0.1, -0.05) is 41.7 Å². The fourth-order valence-corrected chi connectivity index (χ4v) is 3.50. The van der Waals surface area contributed by atoms with Crippen molar-refractivity contribution in [1.82, 2.24) is 4.98 Å². The van der Waals surface area contributed by atoms with Crippen LogP contribution < -0.4 is 10.1 Å². The largest absolute Gasteiger partial charge is 0.492 e. The van der Waals surface area contributed by atoms with Crippen LogP contribution in [0.4, 0.5) is 5.13 Å². The zero-order valence-electron chi connectivity index (χ0n) is 11.8. The van der Waals surface area contributed by atoms with Gasteiger partial charge in [0.2, 0.25) is 5.91 Å². The molecule has 110 valence electrons. The summed E-state index contributed by atoms with van der Waals surface area (Å²) in [5, 5.41) is 3.56. The van der Waals surface area contributed by atoms with E-state index in [-0.39, 0.29) is 11.8 Å². The summed E-state index contributed by atoms with van der Waals surface area (Å²) in [5.41, 5.74) is 1.99. The number of para-hydroxylation sites is 2. The number of carbonyl (C=O) groups is 1. The minimum Gasteiger partial charge on any atom is -0.492 e. The molecule has 1 aromatic heterocycles. The number of carbonyl (C=O) groups excluding carboxylic acids is 1. The fraction of sp³-hybridized carbons (Fsp3) is 0.176. The number of fused-ring (bicyclic) bond motifs is 2. The van der Waals surface area contributed by atoms with Crippen molar-refractivity contribution in [1.29, 1.82) is 0 Å². The van der Waals surface area contributed by atoms with E-state index < -0.39 is 0 Å². The predicted molar refractivity (Wildman–Crippen MR) is 87.4 cm³/mol. The molecule has 0 bridgehead atoms. The summed E-state index contributed by atoms with van der Waals surface area (Å²) in [6.07, 6.45) is 0.701. The Bertz CT molecular complexity index is 810. The predicted octanol–water partition coefficient (Wildman–Crippen LogP) is 3.49. The van der Waals surface area contributed by atoms with Gasteiger partial charge in [0.25, 0.3) is 0 Å². The smallest absolute Gasteiger partial charge is 0.233 e. The Morgan fingerprint density at radius 1 is 1.18 bits per heavy atom. The molecule has 4 rings (SSSR count). The molecule has 0 saturated heterocycles. The monoisotopic (exact) mass is 310 g/mol. The molecule has 1 unspecified atom stereocenters. The number of thiazole rings is 1. The second-order valence-corrected chi connectivity index (χ2v) is 6.33. The van der Waals surface area contributed by atoms with Gasteiger partial charge in [-0.05, 0) is 30.2 Å². The van der Waals surface area contributed by atoms with E-state index in [1.807, 2.05) is 48.5 Å². The van der Waals surface area contributed by atoms with E-state index in [0.717, 1.165) is 21.5 Å². The molecule has 2 heterocycles. The zero-order valence-corrected chi connectivity index (χ0v) is 12.6. The molecule has 5 heteroatoms. The van der Waals surface area contributed by atoms with Crippen LogP contribution in [0.15, 0.2) is 48.5 Å². The van der Waals surface area contributed by atoms with Crippen molar-refractivity contribution < 1.29 is 9.53 Å². The van der Waals surface area contributed by atoms with Crippen LogP contribution in [-0.2, 0) is 11.2 Å². The first-order valence-corrected chi connectivity index (χ1v) is 7.98. The highest BCUT2D eigenvalue weighted by Gasteiger charge is 2.26. The van der Waals surface area contributed by atoms with Gasteiger partial charge in [-0.3, -0.25) is 4.79 Å². The topological polar surface area (TPSA) is 51.2 Å². The molecule has 1 atom stereocenters. The van der Waals surface area contributed by atoms with E-state index in [9.17, 15) is 4.79 Å². The minimum absolute atomic E-state index is 0.0337. The maximum Gasteiger partial charge on any atom is 0.233 e. The van der Waals surface area contributed by atoms with Crippen molar-refractivity contribution in [2.45, 2.75) is 6.42 Å². The van der Waals surface area contributed by atoms with Gasteiger partial charge >= 0.3 is 0 Å². The number of anilines is 1. The Balaban J connectivity index is 1.51. The van der Waals surface area contributed by atoms with Gasteiger partial charge in [0, 0.05) is 0 Å². The van der Waals surface area contributed by atoms with Gasteiger partial charge in [0.1, 0.15) is 12.4 Å². The van der Waals surface area contributed by atoms with E-state index in [4.69, 9.17) is 4.74 Å². The minimum atomic E-state index is -0.179. The summed E-state index contributed by atoms with van der Waals surface area (Å²) < 4.78 is 6.75. The Kier molecular flexibility index (Phi) is 3.27. The van der Waals surface area contributed by atoms with Crippen molar-refractivity contribution in [3.8, 4) is 5.75 Å². The van der Waals surface area contributed by atoms with Crippen molar-refractivity contribution in [3.05, 3.63) is 54.1 Å². The third kappa shape index (κ3) is 2.44. The summed E-state index contributed by atoms with van der Waals surface area (Å²) in [4.78, 5) is 16.9. The Hall–Kier alpha value is -2.40. The van der Waals surface area contributed by atoms with Crippen LogP contribution >= 0.6 is 11.3 Å². The first-order valence-electron chi connectivity index (χ1n) is 7.17. The molecule has 3 aromatic rings. The number of benzene rings is 2. The van der Waals surface area contributed by atoms with Crippen molar-refractivity contribution >= 4 is 32.6 Å². The molecule has 2 aromatic carbocycles. The summed E-state index contributed by atoms with van der Waals surface area (Å²) in [5.74, 6) is 0.669. The molecule has 4 nitrogen and oxygen atoms in total. The lowest BCUT2D eigenvalue weighted by Crippen LogP contribution is -2.32. The maximum absolute atomic E-state index is 12.4. The molecule has 1 amide bonds. The van der Waals surface area contributed by atoms with Gasteiger partial charge in [-0.25, -0.2) is 4.98 Å². The molecule has 1 aliphatic rings. The zero-order chi connectivity index (χ0) is 14.9. The van der Waals surface area contributed by atoms with Gasteiger partial charge in [-0.15, -0.1) is 0 Å². The quantitative estimate of drug-likeness (QED) is 0.788. The molecular weight excluding hydrogens is 296 g/mol. The van der Waals surface area contributed by atoms with Crippen LogP contribution in [0.5, 0.6) is 5.75 Å². The standard InChI is InChI=1S/C17H14N2O2S/c20-16(12-9-11-5-1-3-7-14(11)21-10-12)19-17-18-13-6-2-4-8-15(13)22-17/h1-8,12H,9-10H2,(H,18,19,20). The first kappa shape index (κ1) is 13.3. The van der Waals surface area contributed by atoms with Crippen LogP contribution in [0, 0.1) is 5.92 Å². The third-order valence-corrected chi connectivity index (χ3v) is 4.73. The van der Waals surface area contributed by atoms with Gasteiger partial charge in [0.15, 0.2) is 5.13 Å². The third-order valence-electron chi connectivity index (χ3n) is 3.77. The average Bonchev–Trinajstić information content (AvgIpc) is 2.96. The van der Waals surface area contributed by atoms with E-state index in [1.165, 1.54) is 11.3 Å². The number of ether oxygens (including phenoxy) is 1. The highest BCUT2D eigenvalue weighted by atomic mass is 32.1. The number of aromatic nitrogens is 1. The highest BCUT2D eigenvalue weighted by molar-refractivity contribution is 7.22. The summed E-state index contributed by atoms with van der Waals surface area (Å²) >= 11 is 1.49. The lowest BCUT2D eigenvalue weighted by atomic mass is 9.96. The van der Waals surface area contributed by atoms with Crippen LogP contribution in [0.25, 0.3) is 10.2 Å². The van der Waals surface area contributed by atoms with Crippen LogP contribution in [-0.4, -0.2) is 17.5 Å². The van der Waals surface area contributed by atoms with Crippen LogP contribution in [0.1, 0.15) is 5.56 Å². The molecule has 0 fully saturated rings. The van der Waals surface area contributed by atoms with E-state index >= 15 is 0 Å². The number of hydrogen-bond acceptors (Lipinski definition) is 4. The van der Waals surface area contributed by atoms with Crippen molar-refractivity contribution in [3.63, 3.8) is 0 Å². The Labute approximate surface area is 131 Å². The van der Waals surface area contributed by atoms with Crippen molar-refractivity contribution in [2.75, 3.05) is 11.9 Å². The molecule has 22 heavy (non-hydrogen) atoms. The number of amides is 1. The molecule has 0 spiro atoms.